The molecule has 0 bridgehead atoms. The number of hydrogen-bond acceptors (Lipinski definition) is 15. The van der Waals surface area contributed by atoms with Crippen molar-refractivity contribution in [2.24, 2.45) is 0 Å². The summed E-state index contributed by atoms with van der Waals surface area (Å²) in [5, 5.41) is 23.9. The molecule has 15 heterocycles. The van der Waals surface area contributed by atoms with E-state index in [1.807, 2.05) is 88.8 Å². The Morgan fingerprint density at radius 3 is 0.939 bits per heavy atom. The SMILES string of the molecule is C[Si]1(C)c2ccccc2N(c2ccc(C=C3C(=O)C4=CCC=C4C3=O)[se]2)c2sccc21.C[Si]1(C)c2ccsc2N(c2ccc(C=C3C(=O)c4c[se]cc4C3=O)[se]2)c2sccc21.C[Si]1(c2ccccc2)c2ccccc2N(c2ccc(C=C3C(=O)c4c[se]cc4C3=O)[se]2)c2ccccc21.O=C1C(=Cc2ccc(N3c4ccccc4[Si]4(CCC4)c4ccccc43)[se]2)C(=O)c2c[se]cc21. The molecule has 5 aliphatic carbocycles. The van der Waals surface area contributed by atoms with E-state index in [9.17, 15) is 38.4 Å². The van der Waals surface area contributed by atoms with Gasteiger partial charge in [0.25, 0.3) is 0 Å². The standard InChI is InChI=1S/C31H21NO2Se2Si.C27H19NO2Se2Si.C25H19NO2SSeSi.C22H15NO2S2Se2Si/c1-37(21-9-3-2-4-10-21)27-13-7-5-11-25(27)32(26-12-6-8-14-28(26)37)29-16-15-20(36-29)17-22-30(33)23-18-35-19-24(23)31(22)34;29-26-18(27(30)20-16-31-15-19(20)26)14-17-10-11-25(32-17)28-21-6-1-3-8-23(21)33(12-5-13-33)24-9-4-2-7-22(24)28;1-31(2)20-9-4-3-8-19(20)26(25-21(31)12-13-29-25)22-11-10-15(30-22)14-18-23(27)16-6-5-7-17(16)24(18)28;1-30(2)16-5-7-26-21(16)23(22-17(30)6-8-27-22)18-4-3-12(29-18)9-13-19(24)14-10-28-11-15(14)20(13)25/h2-19H,1H3;1-4,6-11,14-16H,5,12-13H2;3-4,6-14H,5H2,1-2H3;3-11H,1-2H3. The zero-order valence-corrected chi connectivity index (χ0v) is 89.4. The Morgan fingerprint density at radius 2 is 0.580 bits per heavy atom. The van der Waals surface area contributed by atoms with Crippen molar-refractivity contribution in [3.8, 4) is 0 Å². The van der Waals surface area contributed by atoms with Gasteiger partial charge in [0.2, 0.25) is 0 Å². The van der Waals surface area contributed by atoms with Crippen molar-refractivity contribution in [2.75, 3.05) is 19.6 Å². The molecule has 2 fully saturated rings. The Hall–Kier alpha value is -9.72. The van der Waals surface area contributed by atoms with Crippen molar-refractivity contribution in [2.45, 2.75) is 57.7 Å². The van der Waals surface area contributed by atoms with Crippen LogP contribution >= 0.6 is 34.0 Å². The van der Waals surface area contributed by atoms with Crippen LogP contribution in [0.15, 0.2) is 310 Å². The average Bonchev–Trinajstić information content (AvgIpc) is 1.44. The third-order valence-electron chi connectivity index (χ3n) is 26.9. The van der Waals surface area contributed by atoms with Crippen molar-refractivity contribution < 1.29 is 38.4 Å². The summed E-state index contributed by atoms with van der Waals surface area (Å²) >= 11 is 5.88. The van der Waals surface area contributed by atoms with Crippen molar-refractivity contribution in [1.29, 1.82) is 0 Å². The summed E-state index contributed by atoms with van der Waals surface area (Å²) in [6.07, 6.45) is 13.1. The molecule has 6 aromatic carbocycles. The number of rotatable bonds is 9. The second-order valence-corrected chi connectivity index (χ2v) is 68.0. The van der Waals surface area contributed by atoms with Crippen LogP contribution in [0.4, 0.5) is 61.7 Å². The number of thiophene rings is 3. The summed E-state index contributed by atoms with van der Waals surface area (Å²) in [5.74, 6) is -0.834. The van der Waals surface area contributed by atoms with E-state index in [1.165, 1.54) is 117 Å². The van der Waals surface area contributed by atoms with E-state index in [1.54, 1.807) is 21.7 Å². The maximum atomic E-state index is 12.9. The van der Waals surface area contributed by atoms with Gasteiger partial charge in [0, 0.05) is 0 Å². The number of anilines is 12. The molecule has 26 rings (SSSR count). The number of carbonyl (C=O) groups is 8. The second kappa shape index (κ2) is 33.4. The predicted octanol–water partition coefficient (Wildman–Crippen LogP) is 16.4. The zero-order valence-electron chi connectivity index (χ0n) is 70.9. The zero-order chi connectivity index (χ0) is 89.3. The van der Waals surface area contributed by atoms with E-state index in [0.717, 1.165) is 17.7 Å². The first-order valence-corrected chi connectivity index (χ1v) is 69.2. The summed E-state index contributed by atoms with van der Waals surface area (Å²) in [7, 11) is -7.25. The topological polar surface area (TPSA) is 150 Å². The van der Waals surface area contributed by atoms with E-state index in [0.29, 0.717) is 73.2 Å². The van der Waals surface area contributed by atoms with Crippen LogP contribution in [0.25, 0.3) is 24.3 Å². The van der Waals surface area contributed by atoms with Gasteiger partial charge in [-0.25, -0.2) is 0 Å². The molecule has 0 radical (unpaired) electrons. The van der Waals surface area contributed by atoms with Gasteiger partial charge >= 0.3 is 823 Å². The van der Waals surface area contributed by atoms with Gasteiger partial charge < -0.3 is 0 Å². The summed E-state index contributed by atoms with van der Waals surface area (Å²) in [6.45, 7) is 12.2. The molecule has 10 aromatic heterocycles. The number of hydrogen-bond donors (Lipinski definition) is 0. The maximum absolute atomic E-state index is 12.9. The van der Waals surface area contributed by atoms with Crippen LogP contribution in [0, 0.1) is 0 Å². The molecule has 10 aliphatic rings. The van der Waals surface area contributed by atoms with Crippen molar-refractivity contribution >= 4 is 347 Å². The van der Waals surface area contributed by atoms with Crippen LogP contribution in [0.2, 0.25) is 44.8 Å². The minimum atomic E-state index is -2.22. The Labute approximate surface area is 814 Å². The van der Waals surface area contributed by atoms with Crippen LogP contribution in [-0.4, -0.2) is 180 Å². The minimum absolute atomic E-state index is 0.0177. The fraction of sp³-hybridized carbons (Fsp3) is 0.0857. The third kappa shape index (κ3) is 13.8. The molecule has 0 unspecified atom stereocenters. The molecule has 0 atom stereocenters. The molecule has 0 amide bonds. The number of nitrogens with zero attached hydrogens (tertiary/aromatic N) is 4. The van der Waals surface area contributed by atoms with Gasteiger partial charge in [0.05, 0.1) is 0 Å². The van der Waals surface area contributed by atoms with Gasteiger partial charge in [-0.1, -0.05) is 0 Å². The van der Waals surface area contributed by atoms with Crippen LogP contribution < -0.4 is 66.3 Å². The quantitative estimate of drug-likeness (QED) is 0.0769. The first kappa shape index (κ1) is 85.5. The molecular weight excluding hydrogens is 2210 g/mol. The monoisotopic (exact) mass is 2290 g/mol. The molecule has 26 heteroatoms. The fourth-order valence-corrected chi connectivity index (χ4v) is 53.6. The number of fused-ring (bicyclic) bond motifs is 14. The van der Waals surface area contributed by atoms with E-state index < -0.39 is 32.3 Å². The number of carbonyl (C=O) groups excluding carboxylic acids is 8. The van der Waals surface area contributed by atoms with Gasteiger partial charge in [-0.3, -0.25) is 0 Å². The Morgan fingerprint density at radius 1 is 0.290 bits per heavy atom. The van der Waals surface area contributed by atoms with E-state index in [-0.39, 0.29) is 148 Å². The normalized spacial score (nSPS) is 17.0. The van der Waals surface area contributed by atoms with Crippen LogP contribution in [0.3, 0.4) is 0 Å². The predicted molar refractivity (Wildman–Crippen MR) is 554 cm³/mol. The van der Waals surface area contributed by atoms with Crippen molar-refractivity contribution in [3.05, 3.63) is 361 Å². The third-order valence-corrected chi connectivity index (χ3v) is 60.2. The number of benzene rings is 6. The molecule has 131 heavy (non-hydrogen) atoms. The number of allylic oxidation sites excluding steroid dienone is 8. The van der Waals surface area contributed by atoms with Crippen molar-refractivity contribution in [1.82, 2.24) is 0 Å². The molecule has 5 aliphatic heterocycles. The molecule has 16 aromatic rings. The number of Topliss-reactive ketones (excluding diaryl/α,β-unsaturated/α-hetero) is 8. The van der Waals surface area contributed by atoms with Gasteiger partial charge in [-0.15, -0.1) is 0 Å². The molecule has 12 nitrogen and oxygen atoms in total. The van der Waals surface area contributed by atoms with Gasteiger partial charge in [0.15, 0.2) is 0 Å². The van der Waals surface area contributed by atoms with E-state index in [2.05, 4.69) is 287 Å². The van der Waals surface area contributed by atoms with Crippen LogP contribution in [0.5, 0.6) is 0 Å². The van der Waals surface area contributed by atoms with Crippen molar-refractivity contribution in [3.63, 3.8) is 0 Å². The van der Waals surface area contributed by atoms with Crippen LogP contribution in [0.1, 0.15) is 92.7 Å². The first-order valence-electron chi connectivity index (χ1n) is 42.9. The number of ketones is 8. The van der Waals surface area contributed by atoms with Gasteiger partial charge in [-0.05, 0) is 0 Å². The average molecular weight is 2280 g/mol. The molecule has 1 saturated carbocycles. The second-order valence-electron chi connectivity index (χ2n) is 34.7. The molecule has 1 saturated heterocycles. The molecule has 638 valence electrons. The van der Waals surface area contributed by atoms with E-state index in [4.69, 9.17) is 0 Å². The number of para-hydroxylation sites is 5. The first-order chi connectivity index (χ1) is 63.7. The Kier molecular flexibility index (Phi) is 21.8. The summed E-state index contributed by atoms with van der Waals surface area (Å²) in [4.78, 5) is 123. The summed E-state index contributed by atoms with van der Waals surface area (Å²) in [6, 6.07) is 81.9. The van der Waals surface area contributed by atoms with Gasteiger partial charge in [0.1, 0.15) is 0 Å². The Bertz CT molecular complexity index is 7580. The molecule has 1 spiro atoms. The van der Waals surface area contributed by atoms with Gasteiger partial charge in [-0.2, -0.15) is 0 Å². The molecule has 0 N–H and O–H groups in total. The molecular formula is C105H74N4O8S3Se7Si4. The Balaban J connectivity index is 0.0000000996. The summed E-state index contributed by atoms with van der Waals surface area (Å²) < 4.78 is 9.27. The fourth-order valence-electron chi connectivity index (χ4n) is 20.2. The van der Waals surface area contributed by atoms with Crippen LogP contribution in [-0.2, 0) is 9.59 Å². The van der Waals surface area contributed by atoms with E-state index >= 15 is 0 Å². The summed E-state index contributed by atoms with van der Waals surface area (Å²) in [5.41, 5.74) is 12.6.